The maximum Gasteiger partial charge on any atom is 0.120 e. The number of piperidine rings is 1. The Morgan fingerprint density at radius 3 is 2.63 bits per heavy atom. The largest absolute Gasteiger partial charge is 0.497 e. The average Bonchev–Trinajstić information content (AvgIpc) is 3.37. The van der Waals surface area contributed by atoms with Crippen molar-refractivity contribution in [2.24, 2.45) is 0 Å². The number of nitrogens with zero attached hydrogens (tertiary/aromatic N) is 2. The summed E-state index contributed by atoms with van der Waals surface area (Å²) in [6.07, 6.45) is 12.7. The molecule has 2 fully saturated rings. The molecular formula is C25H38N2O2S. The summed E-state index contributed by atoms with van der Waals surface area (Å²) in [5.74, 6) is 2.11. The SMILES string of the molecule is CCCCCCCCn1cc(CN2CCC3(CC2)OCCS3)c2ccc(OC)cc21. The highest BCUT2D eigenvalue weighted by atomic mass is 32.2. The van der Waals surface area contributed by atoms with Gasteiger partial charge >= 0.3 is 0 Å². The molecule has 0 N–H and O–H groups in total. The number of rotatable bonds is 10. The number of thioether (sulfide) groups is 1. The molecule has 1 aromatic heterocycles. The normalized spacial score (nSPS) is 19.1. The van der Waals surface area contributed by atoms with Crippen molar-refractivity contribution >= 4 is 22.7 Å². The van der Waals surface area contributed by atoms with Gasteiger partial charge in [0, 0.05) is 49.6 Å². The van der Waals surface area contributed by atoms with Gasteiger partial charge in [-0.3, -0.25) is 4.90 Å². The number of unbranched alkanes of at least 4 members (excludes halogenated alkanes) is 5. The summed E-state index contributed by atoms with van der Waals surface area (Å²) in [5, 5.41) is 1.38. The van der Waals surface area contributed by atoms with Gasteiger partial charge in [0.05, 0.1) is 19.2 Å². The van der Waals surface area contributed by atoms with Crippen LogP contribution in [0.15, 0.2) is 24.4 Å². The lowest BCUT2D eigenvalue weighted by Gasteiger charge is -2.37. The van der Waals surface area contributed by atoms with E-state index in [0.717, 1.165) is 57.1 Å². The van der Waals surface area contributed by atoms with Crippen molar-refractivity contribution in [1.29, 1.82) is 0 Å². The van der Waals surface area contributed by atoms with Crippen LogP contribution in [0.1, 0.15) is 63.9 Å². The van der Waals surface area contributed by atoms with E-state index in [0.29, 0.717) is 0 Å². The van der Waals surface area contributed by atoms with Gasteiger partial charge in [-0.05, 0) is 37.0 Å². The molecular weight excluding hydrogens is 392 g/mol. The summed E-state index contributed by atoms with van der Waals surface area (Å²) in [6, 6.07) is 6.57. The molecule has 2 saturated heterocycles. The first kappa shape index (κ1) is 22.0. The van der Waals surface area contributed by atoms with Gasteiger partial charge in [-0.1, -0.05) is 39.0 Å². The van der Waals surface area contributed by atoms with E-state index in [4.69, 9.17) is 9.47 Å². The minimum absolute atomic E-state index is 0.121. The average molecular weight is 431 g/mol. The summed E-state index contributed by atoms with van der Waals surface area (Å²) < 4.78 is 14.1. The van der Waals surface area contributed by atoms with Gasteiger partial charge in [0.1, 0.15) is 10.7 Å². The number of benzene rings is 1. The number of hydrogen-bond acceptors (Lipinski definition) is 4. The topological polar surface area (TPSA) is 26.6 Å². The molecule has 0 bridgehead atoms. The van der Waals surface area contributed by atoms with Crippen molar-refractivity contribution in [1.82, 2.24) is 9.47 Å². The van der Waals surface area contributed by atoms with Crippen LogP contribution in [-0.4, -0.2) is 47.0 Å². The van der Waals surface area contributed by atoms with Crippen molar-refractivity contribution in [3.8, 4) is 5.75 Å². The maximum absolute atomic E-state index is 6.08. The van der Waals surface area contributed by atoms with Crippen LogP contribution in [0, 0.1) is 0 Å². The van der Waals surface area contributed by atoms with Crippen LogP contribution in [0.3, 0.4) is 0 Å². The Kier molecular flexibility index (Phi) is 7.66. The lowest BCUT2D eigenvalue weighted by Crippen LogP contribution is -2.41. The Bertz CT molecular complexity index is 803. The van der Waals surface area contributed by atoms with Gasteiger partial charge in [-0.15, -0.1) is 11.8 Å². The predicted molar refractivity (Wildman–Crippen MR) is 128 cm³/mol. The molecule has 4 nitrogen and oxygen atoms in total. The van der Waals surface area contributed by atoms with E-state index in [-0.39, 0.29) is 4.93 Å². The Balaban J connectivity index is 1.42. The number of fused-ring (bicyclic) bond motifs is 1. The van der Waals surface area contributed by atoms with E-state index >= 15 is 0 Å². The first-order valence-corrected chi connectivity index (χ1v) is 12.9. The highest BCUT2D eigenvalue weighted by molar-refractivity contribution is 8.00. The van der Waals surface area contributed by atoms with Crippen molar-refractivity contribution in [3.05, 3.63) is 30.0 Å². The third-order valence-corrected chi connectivity index (χ3v) is 8.17. The van der Waals surface area contributed by atoms with Crippen LogP contribution in [0.5, 0.6) is 5.75 Å². The van der Waals surface area contributed by atoms with Crippen LogP contribution >= 0.6 is 11.8 Å². The lowest BCUT2D eigenvalue weighted by atomic mass is 10.1. The van der Waals surface area contributed by atoms with Gasteiger partial charge in [0.2, 0.25) is 0 Å². The first-order valence-electron chi connectivity index (χ1n) is 11.9. The molecule has 3 heterocycles. The molecule has 1 aromatic carbocycles. The second kappa shape index (κ2) is 10.4. The van der Waals surface area contributed by atoms with Crippen LogP contribution < -0.4 is 4.74 Å². The summed E-state index contributed by atoms with van der Waals surface area (Å²) in [7, 11) is 1.76. The number of hydrogen-bond donors (Lipinski definition) is 0. The molecule has 0 aliphatic carbocycles. The molecule has 2 aliphatic heterocycles. The molecule has 30 heavy (non-hydrogen) atoms. The lowest BCUT2D eigenvalue weighted by molar-refractivity contribution is -0.0000473. The number of methoxy groups -OCH3 is 1. The number of aromatic nitrogens is 1. The van der Waals surface area contributed by atoms with Crippen LogP contribution in [0.25, 0.3) is 10.9 Å². The van der Waals surface area contributed by atoms with E-state index in [1.165, 1.54) is 55.0 Å². The van der Waals surface area contributed by atoms with Crippen LogP contribution in [-0.2, 0) is 17.8 Å². The number of likely N-dealkylation sites (tertiary alicyclic amines) is 1. The van der Waals surface area contributed by atoms with E-state index in [1.807, 2.05) is 11.8 Å². The van der Waals surface area contributed by atoms with Crippen LogP contribution in [0.4, 0.5) is 0 Å². The molecule has 2 aliphatic rings. The molecule has 0 radical (unpaired) electrons. The molecule has 0 saturated carbocycles. The van der Waals surface area contributed by atoms with E-state index < -0.39 is 0 Å². The summed E-state index contributed by atoms with van der Waals surface area (Å²) in [6.45, 7) is 7.61. The molecule has 0 atom stereocenters. The molecule has 4 rings (SSSR count). The zero-order valence-electron chi connectivity index (χ0n) is 18.8. The minimum Gasteiger partial charge on any atom is -0.497 e. The third kappa shape index (κ3) is 5.17. The molecule has 2 aromatic rings. The zero-order valence-corrected chi connectivity index (χ0v) is 19.6. The highest BCUT2D eigenvalue weighted by Gasteiger charge is 2.39. The predicted octanol–water partition coefficient (Wildman–Crippen LogP) is 6.07. The number of ether oxygens (including phenoxy) is 2. The monoisotopic (exact) mass is 430 g/mol. The van der Waals surface area contributed by atoms with Crippen molar-refractivity contribution in [2.45, 2.75) is 76.3 Å². The molecule has 1 spiro atoms. The third-order valence-electron chi connectivity index (χ3n) is 6.75. The maximum atomic E-state index is 6.08. The fraction of sp³-hybridized carbons (Fsp3) is 0.680. The summed E-state index contributed by atoms with van der Waals surface area (Å²) in [5.41, 5.74) is 2.77. The van der Waals surface area contributed by atoms with Gasteiger partial charge in [-0.2, -0.15) is 0 Å². The Labute approximate surface area is 186 Å². The summed E-state index contributed by atoms with van der Waals surface area (Å²) >= 11 is 2.03. The van der Waals surface area contributed by atoms with Gasteiger partial charge in [0.25, 0.3) is 0 Å². The van der Waals surface area contributed by atoms with Crippen molar-refractivity contribution < 1.29 is 9.47 Å². The fourth-order valence-corrected chi connectivity index (χ4v) is 6.10. The molecule has 166 valence electrons. The Hall–Kier alpha value is -1.17. The highest BCUT2D eigenvalue weighted by Crippen LogP contribution is 2.41. The van der Waals surface area contributed by atoms with E-state index in [2.05, 4.69) is 40.8 Å². The van der Waals surface area contributed by atoms with Gasteiger partial charge in [0.15, 0.2) is 0 Å². The Morgan fingerprint density at radius 2 is 1.90 bits per heavy atom. The van der Waals surface area contributed by atoms with Crippen LogP contribution in [0.2, 0.25) is 0 Å². The van der Waals surface area contributed by atoms with Crippen molar-refractivity contribution in [2.75, 3.05) is 32.6 Å². The second-order valence-corrected chi connectivity index (χ2v) is 10.3. The standard InChI is InChI=1S/C25H38N2O2S/c1-3-4-5-6-7-8-13-27-20-21(23-10-9-22(28-2)18-24(23)27)19-26-14-11-25(12-15-26)29-16-17-30-25/h9-10,18,20H,3-8,11-17,19H2,1-2H3. The van der Waals surface area contributed by atoms with Gasteiger partial charge in [-0.25, -0.2) is 0 Å². The fourth-order valence-electron chi connectivity index (χ4n) is 4.93. The summed E-state index contributed by atoms with van der Waals surface area (Å²) in [4.78, 5) is 2.73. The second-order valence-electron chi connectivity index (χ2n) is 8.88. The van der Waals surface area contributed by atoms with E-state index in [9.17, 15) is 0 Å². The van der Waals surface area contributed by atoms with Gasteiger partial charge < -0.3 is 14.0 Å². The quantitative estimate of drug-likeness (QED) is 0.428. The zero-order chi connectivity index (χ0) is 20.8. The smallest absolute Gasteiger partial charge is 0.120 e. The Morgan fingerprint density at radius 1 is 1.10 bits per heavy atom. The number of aryl methyl sites for hydroxylation is 1. The van der Waals surface area contributed by atoms with Crippen molar-refractivity contribution in [3.63, 3.8) is 0 Å². The molecule has 0 unspecified atom stereocenters. The molecule has 0 amide bonds. The minimum atomic E-state index is 0.121. The molecule has 5 heteroatoms. The first-order chi connectivity index (χ1) is 14.7. The van der Waals surface area contributed by atoms with E-state index in [1.54, 1.807) is 7.11 Å².